The number of hydrogen-bond donors (Lipinski definition) is 0. The first-order chi connectivity index (χ1) is 12.7. The van der Waals surface area contributed by atoms with Crippen molar-refractivity contribution in [3.63, 3.8) is 0 Å². The quantitative estimate of drug-likeness (QED) is 0.670. The summed E-state index contributed by atoms with van der Waals surface area (Å²) in [5.41, 5.74) is 0.942. The molecule has 0 aromatic heterocycles. The SMILES string of the molecule is CCOc1ccc(/C=C/C(=O)N2CCN(CC3CC3)CC2)cc1OCC. The molecule has 26 heavy (non-hydrogen) atoms. The lowest BCUT2D eigenvalue weighted by molar-refractivity contribution is -0.127. The van der Waals surface area contributed by atoms with Crippen molar-refractivity contribution in [2.24, 2.45) is 5.92 Å². The fourth-order valence-electron chi connectivity index (χ4n) is 3.26. The predicted octanol–water partition coefficient (Wildman–Crippen LogP) is 3.05. The van der Waals surface area contributed by atoms with Gasteiger partial charge in [-0.25, -0.2) is 0 Å². The van der Waals surface area contributed by atoms with E-state index in [0.29, 0.717) is 13.2 Å². The molecular weight excluding hydrogens is 328 g/mol. The van der Waals surface area contributed by atoms with Crippen LogP contribution >= 0.6 is 0 Å². The molecule has 1 amide bonds. The number of nitrogens with zero attached hydrogens (tertiary/aromatic N) is 2. The molecule has 0 N–H and O–H groups in total. The van der Waals surface area contributed by atoms with Crippen LogP contribution in [0, 0.1) is 5.92 Å². The second-order valence-electron chi connectivity index (χ2n) is 6.97. The van der Waals surface area contributed by atoms with Gasteiger partial charge in [0.1, 0.15) is 0 Å². The van der Waals surface area contributed by atoms with Crippen LogP contribution in [0.5, 0.6) is 11.5 Å². The molecule has 142 valence electrons. The van der Waals surface area contributed by atoms with E-state index in [4.69, 9.17) is 9.47 Å². The Hall–Kier alpha value is -2.01. The highest BCUT2D eigenvalue weighted by Crippen LogP contribution is 2.30. The Morgan fingerprint density at radius 1 is 1.08 bits per heavy atom. The normalized spacial score (nSPS) is 18.3. The van der Waals surface area contributed by atoms with Crippen LogP contribution in [-0.2, 0) is 4.79 Å². The lowest BCUT2D eigenvalue weighted by atomic mass is 10.1. The molecule has 1 aromatic carbocycles. The lowest BCUT2D eigenvalue weighted by Crippen LogP contribution is -2.48. The third kappa shape index (κ3) is 5.24. The zero-order chi connectivity index (χ0) is 18.4. The van der Waals surface area contributed by atoms with Gasteiger partial charge in [0.2, 0.25) is 5.91 Å². The van der Waals surface area contributed by atoms with Crippen molar-refractivity contribution in [3.05, 3.63) is 29.8 Å². The Morgan fingerprint density at radius 2 is 1.77 bits per heavy atom. The highest BCUT2D eigenvalue weighted by molar-refractivity contribution is 5.92. The van der Waals surface area contributed by atoms with Crippen molar-refractivity contribution in [1.82, 2.24) is 9.80 Å². The molecule has 1 aliphatic carbocycles. The minimum atomic E-state index is 0.0860. The van der Waals surface area contributed by atoms with Gasteiger partial charge in [0.25, 0.3) is 0 Å². The van der Waals surface area contributed by atoms with Crippen molar-refractivity contribution < 1.29 is 14.3 Å². The average Bonchev–Trinajstić information content (AvgIpc) is 3.46. The molecule has 0 atom stereocenters. The smallest absolute Gasteiger partial charge is 0.246 e. The molecule has 1 heterocycles. The summed E-state index contributed by atoms with van der Waals surface area (Å²) in [5.74, 6) is 2.46. The monoisotopic (exact) mass is 358 g/mol. The summed E-state index contributed by atoms with van der Waals surface area (Å²) in [6, 6.07) is 5.77. The van der Waals surface area contributed by atoms with Gasteiger partial charge in [0, 0.05) is 38.8 Å². The Morgan fingerprint density at radius 3 is 2.42 bits per heavy atom. The first-order valence-electron chi connectivity index (χ1n) is 9.78. The van der Waals surface area contributed by atoms with E-state index in [-0.39, 0.29) is 5.91 Å². The summed E-state index contributed by atoms with van der Waals surface area (Å²) in [4.78, 5) is 16.9. The number of rotatable bonds is 8. The van der Waals surface area contributed by atoms with Crippen molar-refractivity contribution in [2.75, 3.05) is 45.9 Å². The first-order valence-corrected chi connectivity index (χ1v) is 9.78. The van der Waals surface area contributed by atoms with Gasteiger partial charge in [-0.3, -0.25) is 9.69 Å². The van der Waals surface area contributed by atoms with Gasteiger partial charge in [-0.05, 0) is 56.4 Å². The van der Waals surface area contributed by atoms with E-state index >= 15 is 0 Å². The molecule has 0 spiro atoms. The number of hydrogen-bond acceptors (Lipinski definition) is 4. The fraction of sp³-hybridized carbons (Fsp3) is 0.571. The van der Waals surface area contributed by atoms with Crippen molar-refractivity contribution >= 4 is 12.0 Å². The van der Waals surface area contributed by atoms with E-state index in [0.717, 1.165) is 49.2 Å². The van der Waals surface area contributed by atoms with Gasteiger partial charge in [-0.15, -0.1) is 0 Å². The van der Waals surface area contributed by atoms with E-state index < -0.39 is 0 Å². The second kappa shape index (κ2) is 9.08. The molecule has 5 nitrogen and oxygen atoms in total. The van der Waals surface area contributed by atoms with Gasteiger partial charge in [-0.2, -0.15) is 0 Å². The summed E-state index contributed by atoms with van der Waals surface area (Å²) in [6.07, 6.45) is 6.29. The van der Waals surface area contributed by atoms with Crippen LogP contribution in [0.3, 0.4) is 0 Å². The average molecular weight is 358 g/mol. The number of piperazine rings is 1. The molecule has 0 radical (unpaired) electrons. The Labute approximate surface area is 156 Å². The predicted molar refractivity (Wildman–Crippen MR) is 104 cm³/mol. The summed E-state index contributed by atoms with van der Waals surface area (Å²) in [5, 5.41) is 0. The van der Waals surface area contributed by atoms with Gasteiger partial charge in [0.05, 0.1) is 13.2 Å². The second-order valence-corrected chi connectivity index (χ2v) is 6.97. The largest absolute Gasteiger partial charge is 0.490 e. The van der Waals surface area contributed by atoms with Crippen molar-refractivity contribution in [1.29, 1.82) is 0 Å². The number of benzene rings is 1. The molecule has 1 saturated carbocycles. The van der Waals surface area contributed by atoms with E-state index in [1.165, 1.54) is 19.4 Å². The summed E-state index contributed by atoms with van der Waals surface area (Å²) in [7, 11) is 0. The van der Waals surface area contributed by atoms with E-state index in [1.807, 2.05) is 43.0 Å². The molecule has 0 bridgehead atoms. The summed E-state index contributed by atoms with van der Waals surface area (Å²) >= 11 is 0. The molecule has 3 rings (SSSR count). The zero-order valence-electron chi connectivity index (χ0n) is 15.9. The molecule has 2 fully saturated rings. The van der Waals surface area contributed by atoms with Crippen LogP contribution in [-0.4, -0.2) is 61.6 Å². The van der Waals surface area contributed by atoms with Crippen LogP contribution in [0.15, 0.2) is 24.3 Å². The van der Waals surface area contributed by atoms with Crippen LogP contribution in [0.25, 0.3) is 6.08 Å². The Balaban J connectivity index is 1.54. The maximum absolute atomic E-state index is 12.5. The Bertz CT molecular complexity index is 632. The highest BCUT2D eigenvalue weighted by Gasteiger charge is 2.27. The standard InChI is InChI=1S/C21H30N2O3/c1-3-25-19-9-7-17(15-20(19)26-4-2)8-10-21(24)23-13-11-22(12-14-23)16-18-5-6-18/h7-10,15,18H,3-6,11-14,16H2,1-2H3/b10-8+. The van der Waals surface area contributed by atoms with Gasteiger partial charge in [-0.1, -0.05) is 6.07 Å². The highest BCUT2D eigenvalue weighted by atomic mass is 16.5. The summed E-state index contributed by atoms with van der Waals surface area (Å²) in [6.45, 7) is 9.92. The molecule has 1 aromatic rings. The van der Waals surface area contributed by atoms with Crippen LogP contribution in [0.4, 0.5) is 0 Å². The minimum absolute atomic E-state index is 0.0860. The van der Waals surface area contributed by atoms with Crippen molar-refractivity contribution in [3.8, 4) is 11.5 Å². The number of amides is 1. The molecule has 5 heteroatoms. The molecular formula is C21H30N2O3. The topological polar surface area (TPSA) is 42.0 Å². The van der Waals surface area contributed by atoms with Crippen molar-refractivity contribution in [2.45, 2.75) is 26.7 Å². The van der Waals surface area contributed by atoms with Gasteiger partial charge < -0.3 is 14.4 Å². The number of carbonyl (C=O) groups excluding carboxylic acids is 1. The van der Waals surface area contributed by atoms with E-state index in [2.05, 4.69) is 4.90 Å². The summed E-state index contributed by atoms with van der Waals surface area (Å²) < 4.78 is 11.2. The van der Waals surface area contributed by atoms with Gasteiger partial charge >= 0.3 is 0 Å². The lowest BCUT2D eigenvalue weighted by Gasteiger charge is -2.34. The van der Waals surface area contributed by atoms with Crippen LogP contribution in [0.2, 0.25) is 0 Å². The van der Waals surface area contributed by atoms with Crippen LogP contribution < -0.4 is 9.47 Å². The first kappa shape index (κ1) is 18.8. The molecule has 2 aliphatic rings. The molecule has 0 unspecified atom stereocenters. The van der Waals surface area contributed by atoms with E-state index in [9.17, 15) is 4.79 Å². The number of carbonyl (C=O) groups is 1. The maximum atomic E-state index is 12.5. The third-order valence-electron chi connectivity index (χ3n) is 4.88. The Kier molecular flexibility index (Phi) is 6.56. The fourth-order valence-corrected chi connectivity index (χ4v) is 3.26. The third-order valence-corrected chi connectivity index (χ3v) is 4.88. The number of ether oxygens (including phenoxy) is 2. The molecule has 1 aliphatic heterocycles. The minimum Gasteiger partial charge on any atom is -0.490 e. The molecule has 1 saturated heterocycles. The zero-order valence-corrected chi connectivity index (χ0v) is 15.9. The van der Waals surface area contributed by atoms with Gasteiger partial charge in [0.15, 0.2) is 11.5 Å². The maximum Gasteiger partial charge on any atom is 0.246 e. The van der Waals surface area contributed by atoms with E-state index in [1.54, 1.807) is 6.08 Å². The van der Waals surface area contributed by atoms with Crippen LogP contribution in [0.1, 0.15) is 32.3 Å².